The van der Waals surface area contributed by atoms with Crippen LogP contribution in [0.2, 0.25) is 0 Å². The van der Waals surface area contributed by atoms with Crippen LogP contribution in [0.1, 0.15) is 96.9 Å². The number of Topliss-reactive ketones (excluding diaryl/α,β-unsaturated/α-hetero) is 1. The van der Waals surface area contributed by atoms with E-state index in [1.165, 1.54) is 38.8 Å². The van der Waals surface area contributed by atoms with Gasteiger partial charge in [0, 0.05) is 31.3 Å². The monoisotopic (exact) mass is 557 g/mol. The van der Waals surface area contributed by atoms with Gasteiger partial charge in [0.25, 0.3) is 0 Å². The first-order chi connectivity index (χ1) is 19.3. The maximum absolute atomic E-state index is 12.0. The second-order valence-corrected chi connectivity index (χ2v) is 12.0. The van der Waals surface area contributed by atoms with E-state index in [1.807, 2.05) is 0 Å². The smallest absolute Gasteiger partial charge is 0.220 e. The van der Waals surface area contributed by atoms with Crippen LogP contribution < -0.4 is 5.32 Å². The zero-order chi connectivity index (χ0) is 28.7. The van der Waals surface area contributed by atoms with Gasteiger partial charge in [-0.2, -0.15) is 30.8 Å². The van der Waals surface area contributed by atoms with Crippen molar-refractivity contribution in [2.24, 2.45) is 11.8 Å². The second kappa shape index (κ2) is 17.2. The molecule has 1 amide bonds. The third kappa shape index (κ3) is 11.8. The Kier molecular flexibility index (Phi) is 13.7. The van der Waals surface area contributed by atoms with Crippen LogP contribution in [0, 0.1) is 11.8 Å². The molecule has 0 radical (unpaired) electrons. The molecule has 224 valence electrons. The lowest BCUT2D eigenvalue weighted by Crippen LogP contribution is -2.38. The van der Waals surface area contributed by atoms with Crippen LogP contribution in [-0.2, 0) is 22.6 Å². The number of nitrogens with zero attached hydrogens (tertiary/aromatic N) is 6. The SMILES string of the molecule is CC(C)N1CCC(CC(=O)CCCc2cn[nH]n2)CC1.CC(C)N1CCC(CCC(=O)NCc2cn[nH]n2)CC1. The number of aryl methyl sites for hydroxylation is 1. The number of aromatic amines is 2. The molecule has 4 rings (SSSR count). The quantitative estimate of drug-likeness (QED) is 0.340. The maximum atomic E-state index is 12.0. The normalized spacial score (nSPS) is 17.6. The number of likely N-dealkylation sites (tertiary alicyclic amines) is 2. The highest BCUT2D eigenvalue weighted by atomic mass is 16.1. The average molecular weight is 558 g/mol. The van der Waals surface area contributed by atoms with Crippen molar-refractivity contribution in [3.63, 3.8) is 0 Å². The molecule has 2 aromatic rings. The van der Waals surface area contributed by atoms with E-state index in [0.717, 1.165) is 50.2 Å². The van der Waals surface area contributed by atoms with Crippen LogP contribution in [0.4, 0.5) is 0 Å². The summed E-state index contributed by atoms with van der Waals surface area (Å²) in [5.74, 6) is 1.82. The molecule has 40 heavy (non-hydrogen) atoms. The van der Waals surface area contributed by atoms with E-state index >= 15 is 0 Å². The van der Waals surface area contributed by atoms with Gasteiger partial charge in [0.1, 0.15) is 11.5 Å². The molecule has 0 saturated carbocycles. The van der Waals surface area contributed by atoms with Crippen LogP contribution in [0.5, 0.6) is 0 Å². The molecule has 0 bridgehead atoms. The Balaban J connectivity index is 0.000000220. The first-order valence-corrected chi connectivity index (χ1v) is 15.3. The van der Waals surface area contributed by atoms with Crippen molar-refractivity contribution in [3.8, 4) is 0 Å². The molecule has 11 heteroatoms. The summed E-state index contributed by atoms with van der Waals surface area (Å²) in [6.07, 6.45) is 12.9. The number of piperidine rings is 2. The summed E-state index contributed by atoms with van der Waals surface area (Å²) in [7, 11) is 0. The Morgan fingerprint density at radius 2 is 1.40 bits per heavy atom. The number of carbonyl (C=O) groups is 2. The molecule has 11 nitrogen and oxygen atoms in total. The Hall–Kier alpha value is -2.66. The highest BCUT2D eigenvalue weighted by Gasteiger charge is 2.23. The summed E-state index contributed by atoms with van der Waals surface area (Å²) in [5.41, 5.74) is 1.71. The van der Waals surface area contributed by atoms with Crippen molar-refractivity contribution in [2.75, 3.05) is 26.2 Å². The predicted octanol–water partition coefficient (Wildman–Crippen LogP) is 3.53. The highest BCUT2D eigenvalue weighted by Crippen LogP contribution is 2.24. The fourth-order valence-electron chi connectivity index (χ4n) is 5.59. The average Bonchev–Trinajstić information content (AvgIpc) is 3.66. The van der Waals surface area contributed by atoms with Gasteiger partial charge < -0.3 is 15.1 Å². The van der Waals surface area contributed by atoms with Gasteiger partial charge in [0.2, 0.25) is 5.91 Å². The van der Waals surface area contributed by atoms with Crippen LogP contribution in [0.15, 0.2) is 12.4 Å². The fraction of sp³-hybridized carbons (Fsp3) is 0.793. The number of ketones is 1. The fourth-order valence-corrected chi connectivity index (χ4v) is 5.59. The summed E-state index contributed by atoms with van der Waals surface area (Å²) in [6, 6.07) is 1.27. The zero-order valence-corrected chi connectivity index (χ0v) is 25.1. The summed E-state index contributed by atoms with van der Waals surface area (Å²) in [6.45, 7) is 14.1. The molecule has 0 aromatic carbocycles. The zero-order valence-electron chi connectivity index (χ0n) is 25.1. The first-order valence-electron chi connectivity index (χ1n) is 15.3. The van der Waals surface area contributed by atoms with Crippen molar-refractivity contribution in [3.05, 3.63) is 23.8 Å². The van der Waals surface area contributed by atoms with Gasteiger partial charge in [-0.1, -0.05) is 0 Å². The molecule has 3 N–H and O–H groups in total. The standard InChI is InChI=1S/C15H26N4O.C14H25N5O/c1-12(2)19-8-6-13(7-9-19)10-15(20)5-3-4-14-11-16-18-17-14;1-11(2)19-7-5-12(6-8-19)3-4-14(20)15-9-13-10-16-18-17-13/h11-13H,3-10H2,1-2H3,(H,16,17,18);10-12H,3-9H2,1-2H3,(H,15,20)(H,16,17,18). The number of H-pyrrole nitrogens is 2. The number of hydrogen-bond acceptors (Lipinski definition) is 8. The molecule has 2 aromatic heterocycles. The van der Waals surface area contributed by atoms with Crippen LogP contribution in [0.3, 0.4) is 0 Å². The molecule has 2 aliphatic heterocycles. The van der Waals surface area contributed by atoms with Crippen molar-refractivity contribution in [2.45, 2.75) is 111 Å². The minimum absolute atomic E-state index is 0.110. The van der Waals surface area contributed by atoms with Gasteiger partial charge in [-0.25, -0.2) is 0 Å². The third-order valence-electron chi connectivity index (χ3n) is 8.34. The van der Waals surface area contributed by atoms with Crippen LogP contribution >= 0.6 is 0 Å². The van der Waals surface area contributed by atoms with E-state index in [1.54, 1.807) is 12.4 Å². The Morgan fingerprint density at radius 1 is 0.850 bits per heavy atom. The molecular formula is C29H51N9O2. The topological polar surface area (TPSA) is 136 Å². The van der Waals surface area contributed by atoms with Gasteiger partial charge >= 0.3 is 0 Å². The van der Waals surface area contributed by atoms with Crippen molar-refractivity contribution in [1.29, 1.82) is 0 Å². The van der Waals surface area contributed by atoms with Gasteiger partial charge in [0.05, 0.1) is 24.6 Å². The molecule has 0 atom stereocenters. The van der Waals surface area contributed by atoms with Crippen molar-refractivity contribution in [1.82, 2.24) is 45.9 Å². The van der Waals surface area contributed by atoms with E-state index in [9.17, 15) is 9.59 Å². The van der Waals surface area contributed by atoms with Crippen molar-refractivity contribution >= 4 is 11.7 Å². The summed E-state index contributed by atoms with van der Waals surface area (Å²) in [4.78, 5) is 28.8. The second-order valence-electron chi connectivity index (χ2n) is 12.0. The molecule has 2 saturated heterocycles. The summed E-state index contributed by atoms with van der Waals surface area (Å²) >= 11 is 0. The molecule has 2 aliphatic rings. The maximum Gasteiger partial charge on any atom is 0.220 e. The van der Waals surface area contributed by atoms with E-state index in [0.29, 0.717) is 49.1 Å². The molecule has 0 aliphatic carbocycles. The number of rotatable bonds is 13. The number of aromatic nitrogens is 6. The largest absolute Gasteiger partial charge is 0.350 e. The van der Waals surface area contributed by atoms with Gasteiger partial charge in [-0.05, 0) is 111 Å². The minimum atomic E-state index is 0.110. The Morgan fingerprint density at radius 3 is 1.93 bits per heavy atom. The predicted molar refractivity (Wildman–Crippen MR) is 155 cm³/mol. The molecule has 0 spiro atoms. The van der Waals surface area contributed by atoms with E-state index < -0.39 is 0 Å². The van der Waals surface area contributed by atoms with E-state index in [2.05, 4.69) is 73.6 Å². The highest BCUT2D eigenvalue weighted by molar-refractivity contribution is 5.78. The lowest BCUT2D eigenvalue weighted by atomic mass is 9.90. The third-order valence-corrected chi connectivity index (χ3v) is 8.34. The van der Waals surface area contributed by atoms with Crippen LogP contribution in [0.25, 0.3) is 0 Å². The van der Waals surface area contributed by atoms with E-state index in [-0.39, 0.29) is 5.91 Å². The van der Waals surface area contributed by atoms with Crippen molar-refractivity contribution < 1.29 is 9.59 Å². The molecular weight excluding hydrogens is 506 g/mol. The van der Waals surface area contributed by atoms with E-state index in [4.69, 9.17) is 0 Å². The van der Waals surface area contributed by atoms with Gasteiger partial charge in [0.15, 0.2) is 0 Å². The Bertz CT molecular complexity index is 946. The molecule has 2 fully saturated rings. The number of carbonyl (C=O) groups excluding carboxylic acids is 2. The number of amides is 1. The summed E-state index contributed by atoms with van der Waals surface area (Å²) < 4.78 is 0. The van der Waals surface area contributed by atoms with Gasteiger partial charge in [-0.3, -0.25) is 9.59 Å². The van der Waals surface area contributed by atoms with Crippen LogP contribution in [-0.4, -0.2) is 90.6 Å². The first kappa shape index (κ1) is 31.9. The lowest BCUT2D eigenvalue weighted by Gasteiger charge is -2.34. The number of hydrogen-bond donors (Lipinski definition) is 3. The lowest BCUT2D eigenvalue weighted by molar-refractivity contribution is -0.122. The molecule has 4 heterocycles. The van der Waals surface area contributed by atoms with Gasteiger partial charge in [-0.15, -0.1) is 0 Å². The Labute approximate surface area is 239 Å². The number of nitrogens with one attached hydrogen (secondary N) is 3. The minimum Gasteiger partial charge on any atom is -0.350 e. The molecule has 0 unspecified atom stereocenters. The summed E-state index contributed by atoms with van der Waals surface area (Å²) in [5, 5.41) is 23.4.